The lowest BCUT2D eigenvalue weighted by atomic mass is 10.2. The summed E-state index contributed by atoms with van der Waals surface area (Å²) in [6.45, 7) is 1.47. The van der Waals surface area contributed by atoms with Gasteiger partial charge in [0, 0.05) is 27.4 Å². The third-order valence-corrected chi connectivity index (χ3v) is 4.06. The predicted molar refractivity (Wildman–Crippen MR) is 97.4 cm³/mol. The summed E-state index contributed by atoms with van der Waals surface area (Å²) in [5.74, 6) is -0.0146. The van der Waals surface area contributed by atoms with Crippen molar-refractivity contribution in [1.82, 2.24) is 20.2 Å². The minimum absolute atomic E-state index is 0.0563. The van der Waals surface area contributed by atoms with Crippen LogP contribution in [0.5, 0.6) is 0 Å². The Kier molecular flexibility index (Phi) is 5.03. The first-order valence-corrected chi connectivity index (χ1v) is 8.30. The SMILES string of the molecule is Cc1ccc(NC(=O)Cn2nnc(-c3ccc(Br)cc3)n2)cc1[N+](=O)[O-]. The average molecular weight is 417 g/mol. The molecule has 1 aromatic heterocycles. The van der Waals surface area contributed by atoms with Crippen LogP contribution in [0.4, 0.5) is 11.4 Å². The van der Waals surface area contributed by atoms with Crippen LogP contribution in [0, 0.1) is 17.0 Å². The molecule has 0 unspecified atom stereocenters. The standard InChI is InChI=1S/C16H13BrN6O3/c1-10-2-7-13(8-14(10)23(25)26)18-15(24)9-22-20-16(19-21-22)11-3-5-12(17)6-4-11/h2-8H,9H2,1H3,(H,18,24). The van der Waals surface area contributed by atoms with Crippen LogP contribution >= 0.6 is 15.9 Å². The van der Waals surface area contributed by atoms with E-state index in [0.29, 0.717) is 17.1 Å². The zero-order valence-corrected chi connectivity index (χ0v) is 15.2. The van der Waals surface area contributed by atoms with E-state index < -0.39 is 10.8 Å². The van der Waals surface area contributed by atoms with Gasteiger partial charge in [0.25, 0.3) is 5.69 Å². The number of anilines is 1. The molecule has 0 aliphatic carbocycles. The number of tetrazole rings is 1. The Morgan fingerprint density at radius 3 is 2.69 bits per heavy atom. The van der Waals surface area contributed by atoms with Gasteiger partial charge in [-0.3, -0.25) is 14.9 Å². The van der Waals surface area contributed by atoms with E-state index in [1.54, 1.807) is 19.1 Å². The number of hydrogen-bond acceptors (Lipinski definition) is 6. The maximum absolute atomic E-state index is 12.1. The third-order valence-electron chi connectivity index (χ3n) is 3.53. The molecule has 3 rings (SSSR count). The third kappa shape index (κ3) is 4.09. The Bertz CT molecular complexity index is 970. The normalized spacial score (nSPS) is 10.5. The van der Waals surface area contributed by atoms with E-state index in [-0.39, 0.29) is 12.2 Å². The van der Waals surface area contributed by atoms with E-state index in [4.69, 9.17) is 0 Å². The highest BCUT2D eigenvalue weighted by Crippen LogP contribution is 2.22. The minimum Gasteiger partial charge on any atom is -0.324 e. The van der Waals surface area contributed by atoms with Crippen LogP contribution in [0.2, 0.25) is 0 Å². The zero-order chi connectivity index (χ0) is 18.7. The van der Waals surface area contributed by atoms with Crippen molar-refractivity contribution in [2.75, 3.05) is 5.32 Å². The number of aryl methyl sites for hydroxylation is 1. The predicted octanol–water partition coefficient (Wildman–Crippen LogP) is 2.96. The Balaban J connectivity index is 1.68. The van der Waals surface area contributed by atoms with Gasteiger partial charge in [0.05, 0.1) is 4.92 Å². The number of carbonyl (C=O) groups excluding carboxylic acids is 1. The molecule has 1 heterocycles. The van der Waals surface area contributed by atoms with E-state index in [1.807, 2.05) is 24.3 Å². The molecule has 2 aromatic carbocycles. The first-order chi connectivity index (χ1) is 12.4. The molecule has 0 aliphatic rings. The van der Waals surface area contributed by atoms with Crippen LogP contribution in [0.3, 0.4) is 0 Å². The number of nitrogens with one attached hydrogen (secondary N) is 1. The van der Waals surface area contributed by atoms with Crippen LogP contribution < -0.4 is 5.32 Å². The van der Waals surface area contributed by atoms with Gasteiger partial charge in [-0.25, -0.2) is 0 Å². The fraction of sp³-hybridized carbons (Fsp3) is 0.125. The van der Waals surface area contributed by atoms with Crippen molar-refractivity contribution in [1.29, 1.82) is 0 Å². The highest BCUT2D eigenvalue weighted by molar-refractivity contribution is 9.10. The number of nitro benzene ring substituents is 1. The van der Waals surface area contributed by atoms with Gasteiger partial charge in [-0.1, -0.05) is 22.0 Å². The van der Waals surface area contributed by atoms with Gasteiger partial charge in [0.1, 0.15) is 6.54 Å². The van der Waals surface area contributed by atoms with Crippen LogP contribution in [0.1, 0.15) is 5.56 Å². The van der Waals surface area contributed by atoms with Crippen molar-refractivity contribution >= 4 is 33.2 Å². The molecule has 0 saturated heterocycles. The van der Waals surface area contributed by atoms with Crippen molar-refractivity contribution in [2.45, 2.75) is 13.5 Å². The summed E-state index contributed by atoms with van der Waals surface area (Å²) in [6, 6.07) is 11.9. The number of hydrogen-bond donors (Lipinski definition) is 1. The lowest BCUT2D eigenvalue weighted by Crippen LogP contribution is -2.20. The summed E-state index contributed by atoms with van der Waals surface area (Å²) >= 11 is 3.35. The first kappa shape index (κ1) is 17.7. The molecule has 10 heteroatoms. The van der Waals surface area contributed by atoms with Gasteiger partial charge in [-0.15, -0.1) is 10.2 Å². The van der Waals surface area contributed by atoms with Gasteiger partial charge in [0.15, 0.2) is 0 Å². The van der Waals surface area contributed by atoms with Crippen LogP contribution in [0.15, 0.2) is 46.9 Å². The van der Waals surface area contributed by atoms with Crippen molar-refractivity contribution < 1.29 is 9.72 Å². The lowest BCUT2D eigenvalue weighted by Gasteiger charge is -2.05. The molecule has 1 N–H and O–H groups in total. The minimum atomic E-state index is -0.492. The Labute approximate surface area is 156 Å². The zero-order valence-electron chi connectivity index (χ0n) is 13.6. The Morgan fingerprint density at radius 2 is 2.00 bits per heavy atom. The molecule has 0 fully saturated rings. The second-order valence-corrected chi connectivity index (χ2v) is 6.37. The van der Waals surface area contributed by atoms with Gasteiger partial charge >= 0.3 is 0 Å². The molecule has 0 bridgehead atoms. The largest absolute Gasteiger partial charge is 0.324 e. The van der Waals surface area contributed by atoms with Gasteiger partial charge in [-0.05, 0) is 42.5 Å². The van der Waals surface area contributed by atoms with Crippen molar-refractivity contribution in [3.63, 3.8) is 0 Å². The molecule has 0 radical (unpaired) electrons. The van der Waals surface area contributed by atoms with Crippen molar-refractivity contribution in [3.05, 3.63) is 62.6 Å². The molecular weight excluding hydrogens is 404 g/mol. The summed E-state index contributed by atoms with van der Waals surface area (Å²) < 4.78 is 0.931. The molecule has 26 heavy (non-hydrogen) atoms. The molecule has 0 atom stereocenters. The quantitative estimate of drug-likeness (QED) is 0.504. The summed E-state index contributed by atoms with van der Waals surface area (Å²) in [7, 11) is 0. The molecule has 1 amide bonds. The molecule has 0 saturated carbocycles. The molecule has 0 aliphatic heterocycles. The van der Waals surface area contributed by atoms with Gasteiger partial charge in [-0.2, -0.15) is 4.80 Å². The van der Waals surface area contributed by atoms with Crippen molar-refractivity contribution in [3.8, 4) is 11.4 Å². The number of nitro groups is 1. The number of halogens is 1. The highest BCUT2D eigenvalue weighted by atomic mass is 79.9. The highest BCUT2D eigenvalue weighted by Gasteiger charge is 2.14. The molecule has 9 nitrogen and oxygen atoms in total. The summed E-state index contributed by atoms with van der Waals surface area (Å²) in [6.07, 6.45) is 0. The Hall–Kier alpha value is -3.14. The number of amides is 1. The van der Waals surface area contributed by atoms with Crippen LogP contribution in [-0.2, 0) is 11.3 Å². The fourth-order valence-electron chi connectivity index (χ4n) is 2.24. The second kappa shape index (κ2) is 7.40. The van der Waals surface area contributed by atoms with Crippen LogP contribution in [-0.4, -0.2) is 31.0 Å². The van der Waals surface area contributed by atoms with Gasteiger partial charge in [0.2, 0.25) is 11.7 Å². The first-order valence-electron chi connectivity index (χ1n) is 7.51. The van der Waals surface area contributed by atoms with E-state index in [1.165, 1.54) is 6.07 Å². The lowest BCUT2D eigenvalue weighted by molar-refractivity contribution is -0.385. The molecule has 132 valence electrons. The number of benzene rings is 2. The summed E-state index contributed by atoms with van der Waals surface area (Å²) in [5.41, 5.74) is 1.57. The second-order valence-electron chi connectivity index (χ2n) is 5.46. The number of aromatic nitrogens is 4. The van der Waals surface area contributed by atoms with E-state index in [0.717, 1.165) is 14.8 Å². The maximum atomic E-state index is 12.1. The Morgan fingerprint density at radius 1 is 1.27 bits per heavy atom. The summed E-state index contributed by atoms with van der Waals surface area (Å²) in [5, 5.41) is 25.5. The van der Waals surface area contributed by atoms with Gasteiger partial charge < -0.3 is 5.32 Å². The average Bonchev–Trinajstić information content (AvgIpc) is 3.05. The van der Waals surface area contributed by atoms with E-state index in [9.17, 15) is 14.9 Å². The number of carbonyl (C=O) groups is 1. The van der Waals surface area contributed by atoms with E-state index in [2.05, 4.69) is 36.7 Å². The van der Waals surface area contributed by atoms with Crippen LogP contribution in [0.25, 0.3) is 11.4 Å². The number of nitrogens with zero attached hydrogens (tertiary/aromatic N) is 5. The fourth-order valence-corrected chi connectivity index (χ4v) is 2.50. The smallest absolute Gasteiger partial charge is 0.274 e. The monoisotopic (exact) mass is 416 g/mol. The van der Waals surface area contributed by atoms with E-state index >= 15 is 0 Å². The maximum Gasteiger partial charge on any atom is 0.274 e. The number of rotatable bonds is 5. The molecule has 3 aromatic rings. The summed E-state index contributed by atoms with van der Waals surface area (Å²) in [4.78, 5) is 23.8. The van der Waals surface area contributed by atoms with Crippen molar-refractivity contribution in [2.24, 2.45) is 0 Å². The topological polar surface area (TPSA) is 116 Å². The molecular formula is C16H13BrN6O3. The molecule has 0 spiro atoms.